The molecule has 0 saturated heterocycles. The second-order valence-corrected chi connectivity index (χ2v) is 3.64. The van der Waals surface area contributed by atoms with E-state index in [0.29, 0.717) is 0 Å². The van der Waals surface area contributed by atoms with Gasteiger partial charge in [0.2, 0.25) is 0 Å². The van der Waals surface area contributed by atoms with Crippen LogP contribution in [0.3, 0.4) is 0 Å². The fourth-order valence-electron chi connectivity index (χ4n) is 0.138. The largest absolute Gasteiger partial charge is 0.455 e. The molecule has 0 aliphatic heterocycles. The van der Waals surface area contributed by atoms with Gasteiger partial charge in [0, 0.05) is 0 Å². The van der Waals surface area contributed by atoms with Crippen LogP contribution in [0, 0.1) is 0 Å². The summed E-state index contributed by atoms with van der Waals surface area (Å²) in [6, 6.07) is 0. The molecule has 0 aromatic heterocycles. The molecule has 0 bridgehead atoms. The van der Waals surface area contributed by atoms with Crippen molar-refractivity contribution in [2.75, 3.05) is 0 Å². The molecule has 0 aliphatic carbocycles. The SMILES string of the molecule is O=S(=O)(F)C(F)(Cl)C(F)(F)F. The van der Waals surface area contributed by atoms with E-state index in [1.807, 2.05) is 0 Å². The van der Waals surface area contributed by atoms with Gasteiger partial charge in [-0.15, -0.1) is 3.89 Å². The van der Waals surface area contributed by atoms with Crippen LogP contribution in [0.5, 0.6) is 0 Å². The van der Waals surface area contributed by atoms with E-state index >= 15 is 0 Å². The first-order chi connectivity index (χ1) is 4.50. The van der Waals surface area contributed by atoms with Crippen LogP contribution in [-0.4, -0.2) is 19.1 Å². The minimum atomic E-state index is -6.49. The summed E-state index contributed by atoms with van der Waals surface area (Å²) in [6.07, 6.45) is -5.98. The fourth-order valence-corrected chi connectivity index (χ4v) is 0.415. The number of halogens is 6. The van der Waals surface area contributed by atoms with Gasteiger partial charge in [0.05, 0.1) is 0 Å². The van der Waals surface area contributed by atoms with Crippen LogP contribution in [0.2, 0.25) is 0 Å². The van der Waals surface area contributed by atoms with Gasteiger partial charge in [-0.1, -0.05) is 11.6 Å². The Labute approximate surface area is 63.2 Å². The Kier molecular flexibility index (Phi) is 2.42. The van der Waals surface area contributed by atoms with Gasteiger partial charge < -0.3 is 0 Å². The predicted molar refractivity (Wildman–Crippen MR) is 25.8 cm³/mol. The highest BCUT2D eigenvalue weighted by molar-refractivity contribution is 7.89. The molecule has 0 amide bonds. The highest BCUT2D eigenvalue weighted by Gasteiger charge is 2.65. The topological polar surface area (TPSA) is 34.1 Å². The van der Waals surface area contributed by atoms with Gasteiger partial charge in [-0.05, 0) is 0 Å². The molecule has 1 atom stereocenters. The van der Waals surface area contributed by atoms with Gasteiger partial charge in [0.1, 0.15) is 0 Å². The van der Waals surface area contributed by atoms with Crippen LogP contribution in [0.4, 0.5) is 21.4 Å². The maximum Gasteiger partial charge on any atom is 0.455 e. The van der Waals surface area contributed by atoms with Crippen molar-refractivity contribution in [2.45, 2.75) is 10.6 Å². The summed E-state index contributed by atoms with van der Waals surface area (Å²) in [6.45, 7) is 0. The van der Waals surface area contributed by atoms with Gasteiger partial charge >= 0.3 is 20.9 Å². The van der Waals surface area contributed by atoms with Crippen LogP contribution in [0.25, 0.3) is 0 Å². The lowest BCUT2D eigenvalue weighted by Gasteiger charge is -2.15. The molecule has 68 valence electrons. The van der Waals surface area contributed by atoms with Crippen LogP contribution >= 0.6 is 11.6 Å². The summed E-state index contributed by atoms with van der Waals surface area (Å²) in [4.78, 5) is 0. The van der Waals surface area contributed by atoms with Crippen LogP contribution in [-0.2, 0) is 10.2 Å². The Hall–Kier alpha value is -0.110. The molecule has 1 unspecified atom stereocenters. The monoisotopic (exact) mass is 218 g/mol. The average molecular weight is 219 g/mol. The van der Waals surface area contributed by atoms with Crippen molar-refractivity contribution >= 4 is 21.8 Å². The molecule has 0 heterocycles. The molecule has 0 saturated carbocycles. The van der Waals surface area contributed by atoms with Crippen LogP contribution in [0.1, 0.15) is 0 Å². The molecule has 0 N–H and O–H groups in total. The van der Waals surface area contributed by atoms with E-state index in [2.05, 4.69) is 11.6 Å². The standard InChI is InChI=1S/C2ClF5O2S/c3-1(4,2(5,6)7)11(8,9)10. The molecule has 11 heavy (non-hydrogen) atoms. The minimum absolute atomic E-state index is 3.73. The summed E-state index contributed by atoms with van der Waals surface area (Å²) >= 11 is 3.73. The van der Waals surface area contributed by atoms with E-state index < -0.39 is 20.9 Å². The lowest BCUT2D eigenvalue weighted by Crippen LogP contribution is -2.40. The highest BCUT2D eigenvalue weighted by atomic mass is 35.5. The summed E-state index contributed by atoms with van der Waals surface area (Å²) in [5.74, 6) is 0. The van der Waals surface area contributed by atoms with Crippen molar-refractivity contribution < 1.29 is 29.9 Å². The molecule has 2 nitrogen and oxygen atoms in total. The third kappa shape index (κ3) is 1.92. The van der Waals surface area contributed by atoms with Gasteiger partial charge in [-0.25, -0.2) is 0 Å². The molecule has 0 aromatic rings. The molecule has 0 aromatic carbocycles. The van der Waals surface area contributed by atoms with Crippen molar-refractivity contribution in [3.05, 3.63) is 0 Å². The Bertz CT molecular complexity index is 240. The predicted octanol–water partition coefficient (Wildman–Crippen LogP) is 1.71. The van der Waals surface area contributed by atoms with Crippen molar-refractivity contribution in [1.82, 2.24) is 0 Å². The van der Waals surface area contributed by atoms with Crippen molar-refractivity contribution in [2.24, 2.45) is 0 Å². The smallest absolute Gasteiger partial charge is 0.195 e. The molecular weight excluding hydrogens is 219 g/mol. The zero-order valence-corrected chi connectivity index (χ0v) is 6.06. The van der Waals surface area contributed by atoms with E-state index in [4.69, 9.17) is 0 Å². The number of hydrogen-bond acceptors (Lipinski definition) is 2. The number of rotatable bonds is 1. The zero-order chi connectivity index (χ0) is 9.50. The van der Waals surface area contributed by atoms with Crippen molar-refractivity contribution in [3.8, 4) is 0 Å². The molecule has 0 radical (unpaired) electrons. The number of alkyl halides is 5. The Morgan fingerprint density at radius 1 is 1.09 bits per heavy atom. The second kappa shape index (κ2) is 2.44. The highest BCUT2D eigenvalue weighted by Crippen LogP contribution is 2.42. The Morgan fingerprint density at radius 2 is 1.36 bits per heavy atom. The maximum absolute atomic E-state index is 11.8. The Balaban J connectivity index is 5.08. The van der Waals surface area contributed by atoms with Crippen molar-refractivity contribution in [3.63, 3.8) is 0 Å². The van der Waals surface area contributed by atoms with E-state index in [9.17, 15) is 29.9 Å². The third-order valence-corrected chi connectivity index (χ3v) is 2.25. The second-order valence-electron chi connectivity index (χ2n) is 1.45. The van der Waals surface area contributed by atoms with Gasteiger partial charge in [-0.2, -0.15) is 26.0 Å². The summed E-state index contributed by atoms with van der Waals surface area (Å²) in [5, 5.41) is 0. The number of hydrogen-bond donors (Lipinski definition) is 0. The normalized spacial score (nSPS) is 19.5. The maximum atomic E-state index is 11.8. The molecular formula is C2ClF5O2S. The summed E-state index contributed by atoms with van der Waals surface area (Å²) in [5.41, 5.74) is 0. The molecule has 9 heteroatoms. The first kappa shape index (κ1) is 10.9. The first-order valence-electron chi connectivity index (χ1n) is 1.89. The lowest BCUT2D eigenvalue weighted by atomic mass is 10.7. The van der Waals surface area contributed by atoms with E-state index in [1.54, 1.807) is 0 Å². The fraction of sp³-hybridized carbons (Fsp3) is 1.00. The third-order valence-electron chi connectivity index (χ3n) is 0.636. The van der Waals surface area contributed by atoms with Gasteiger partial charge in [0.25, 0.3) is 0 Å². The summed E-state index contributed by atoms with van der Waals surface area (Å²) < 4.78 is 70.3. The molecule has 0 spiro atoms. The van der Waals surface area contributed by atoms with Gasteiger partial charge in [0.15, 0.2) is 0 Å². The Morgan fingerprint density at radius 3 is 1.36 bits per heavy atom. The van der Waals surface area contributed by atoms with E-state index in [-0.39, 0.29) is 0 Å². The first-order valence-corrected chi connectivity index (χ1v) is 3.65. The molecule has 0 aliphatic rings. The average Bonchev–Trinajstić information content (AvgIpc) is 1.58. The molecule has 0 rings (SSSR count). The van der Waals surface area contributed by atoms with Crippen LogP contribution in [0.15, 0.2) is 0 Å². The van der Waals surface area contributed by atoms with Gasteiger partial charge in [-0.3, -0.25) is 0 Å². The zero-order valence-electron chi connectivity index (χ0n) is 4.49. The van der Waals surface area contributed by atoms with E-state index in [1.165, 1.54) is 0 Å². The summed E-state index contributed by atoms with van der Waals surface area (Å²) in [7, 11) is -6.49. The van der Waals surface area contributed by atoms with Crippen LogP contribution < -0.4 is 0 Å². The lowest BCUT2D eigenvalue weighted by molar-refractivity contribution is -0.171. The minimum Gasteiger partial charge on any atom is -0.195 e. The van der Waals surface area contributed by atoms with E-state index in [0.717, 1.165) is 0 Å². The van der Waals surface area contributed by atoms with Crippen molar-refractivity contribution in [1.29, 1.82) is 0 Å². The molecule has 0 fully saturated rings. The quantitative estimate of drug-likeness (QED) is 0.381.